The lowest BCUT2D eigenvalue weighted by atomic mass is 9.87. The number of hydrogen-bond acceptors (Lipinski definition) is 1. The fraction of sp³-hybridized carbons (Fsp3) is 0.381. The van der Waals surface area contributed by atoms with Gasteiger partial charge in [0.05, 0.1) is 0 Å². The van der Waals surface area contributed by atoms with Crippen LogP contribution in [0.4, 0.5) is 0 Å². The lowest BCUT2D eigenvalue weighted by molar-refractivity contribution is 0.489. The standard InChI is InChI=1S/C21H28N2S/c1-21(2,3)19-12-10-18(11-13-19)16-23(4)20(24)22-15-14-17-8-6-5-7-9-17/h5-13H,14-16H2,1-4H3,(H,22,24). The van der Waals surface area contributed by atoms with Crippen LogP contribution in [0.1, 0.15) is 37.5 Å². The maximum absolute atomic E-state index is 5.49. The van der Waals surface area contributed by atoms with Crippen LogP contribution in [-0.4, -0.2) is 23.6 Å². The highest BCUT2D eigenvalue weighted by molar-refractivity contribution is 7.80. The van der Waals surface area contributed by atoms with Gasteiger partial charge in [0.15, 0.2) is 5.11 Å². The third-order valence-corrected chi connectivity index (χ3v) is 4.58. The predicted octanol–water partition coefficient (Wildman–Crippen LogP) is 4.53. The first kappa shape index (κ1) is 18.5. The van der Waals surface area contributed by atoms with E-state index < -0.39 is 0 Å². The van der Waals surface area contributed by atoms with Crippen molar-refractivity contribution in [2.45, 2.75) is 39.2 Å². The molecule has 0 radical (unpaired) electrons. The van der Waals surface area contributed by atoms with Crippen LogP contribution in [0.2, 0.25) is 0 Å². The van der Waals surface area contributed by atoms with Crippen molar-refractivity contribution in [1.82, 2.24) is 10.2 Å². The summed E-state index contributed by atoms with van der Waals surface area (Å²) in [4.78, 5) is 2.09. The molecule has 0 aromatic heterocycles. The van der Waals surface area contributed by atoms with Gasteiger partial charge in [-0.3, -0.25) is 0 Å². The number of benzene rings is 2. The monoisotopic (exact) mass is 340 g/mol. The Morgan fingerprint density at radius 1 is 0.958 bits per heavy atom. The van der Waals surface area contributed by atoms with Crippen molar-refractivity contribution < 1.29 is 0 Å². The number of nitrogens with one attached hydrogen (secondary N) is 1. The molecule has 0 aliphatic heterocycles. The molecule has 0 saturated carbocycles. The zero-order valence-electron chi connectivity index (χ0n) is 15.2. The van der Waals surface area contributed by atoms with Crippen LogP contribution >= 0.6 is 12.2 Å². The smallest absolute Gasteiger partial charge is 0.168 e. The summed E-state index contributed by atoms with van der Waals surface area (Å²) in [7, 11) is 2.04. The summed E-state index contributed by atoms with van der Waals surface area (Å²) in [5.41, 5.74) is 4.15. The van der Waals surface area contributed by atoms with Gasteiger partial charge in [-0.25, -0.2) is 0 Å². The van der Waals surface area contributed by atoms with Crippen molar-refractivity contribution in [1.29, 1.82) is 0 Å². The van der Waals surface area contributed by atoms with Crippen LogP contribution in [0.15, 0.2) is 54.6 Å². The first-order valence-corrected chi connectivity index (χ1v) is 8.89. The number of nitrogens with zero attached hydrogens (tertiary/aromatic N) is 1. The Morgan fingerprint density at radius 2 is 1.58 bits per heavy atom. The third-order valence-electron chi connectivity index (χ3n) is 4.12. The summed E-state index contributed by atoms with van der Waals surface area (Å²) in [6, 6.07) is 19.3. The Balaban J connectivity index is 1.81. The average Bonchev–Trinajstić information content (AvgIpc) is 2.55. The van der Waals surface area contributed by atoms with Gasteiger partial charge in [0.1, 0.15) is 0 Å². The minimum atomic E-state index is 0.193. The van der Waals surface area contributed by atoms with Gasteiger partial charge in [-0.05, 0) is 40.7 Å². The first-order valence-electron chi connectivity index (χ1n) is 8.48. The highest BCUT2D eigenvalue weighted by Crippen LogP contribution is 2.22. The zero-order chi connectivity index (χ0) is 17.6. The predicted molar refractivity (Wildman–Crippen MR) is 107 cm³/mol. The van der Waals surface area contributed by atoms with Crippen LogP contribution in [0.5, 0.6) is 0 Å². The summed E-state index contributed by atoms with van der Waals surface area (Å²) < 4.78 is 0. The molecule has 0 saturated heterocycles. The number of hydrogen-bond donors (Lipinski definition) is 1. The lowest BCUT2D eigenvalue weighted by Crippen LogP contribution is -2.37. The van der Waals surface area contributed by atoms with Gasteiger partial charge in [0, 0.05) is 20.1 Å². The molecule has 2 rings (SSSR count). The Labute approximate surface area is 151 Å². The molecule has 2 aromatic carbocycles. The van der Waals surface area contributed by atoms with Gasteiger partial charge >= 0.3 is 0 Å². The van der Waals surface area contributed by atoms with E-state index in [9.17, 15) is 0 Å². The van der Waals surface area contributed by atoms with Crippen LogP contribution < -0.4 is 5.32 Å². The van der Waals surface area contributed by atoms with Crippen molar-refractivity contribution >= 4 is 17.3 Å². The fourth-order valence-corrected chi connectivity index (χ4v) is 2.72. The molecule has 24 heavy (non-hydrogen) atoms. The van der Waals surface area contributed by atoms with Gasteiger partial charge in [0.2, 0.25) is 0 Å². The van der Waals surface area contributed by atoms with E-state index in [1.807, 2.05) is 13.1 Å². The highest BCUT2D eigenvalue weighted by atomic mass is 32.1. The van der Waals surface area contributed by atoms with E-state index >= 15 is 0 Å². The van der Waals surface area contributed by atoms with Crippen molar-refractivity contribution in [2.75, 3.05) is 13.6 Å². The molecule has 0 unspecified atom stereocenters. The molecule has 1 N–H and O–H groups in total. The average molecular weight is 341 g/mol. The maximum Gasteiger partial charge on any atom is 0.168 e. The molecular weight excluding hydrogens is 312 g/mol. The molecule has 0 atom stereocenters. The molecule has 0 aliphatic rings. The summed E-state index contributed by atoms with van der Waals surface area (Å²) in [5.74, 6) is 0. The van der Waals surface area contributed by atoms with E-state index in [1.165, 1.54) is 16.7 Å². The molecule has 0 spiro atoms. The normalized spacial score (nSPS) is 11.2. The van der Waals surface area contributed by atoms with Crippen LogP contribution in [0.3, 0.4) is 0 Å². The van der Waals surface area contributed by atoms with Gasteiger partial charge in [-0.15, -0.1) is 0 Å². The highest BCUT2D eigenvalue weighted by Gasteiger charge is 2.13. The van der Waals surface area contributed by atoms with Crippen molar-refractivity contribution in [3.05, 3.63) is 71.3 Å². The quantitative estimate of drug-likeness (QED) is 0.805. The maximum atomic E-state index is 5.49. The SMILES string of the molecule is CN(Cc1ccc(C(C)(C)C)cc1)C(=S)NCCc1ccccc1. The molecule has 3 heteroatoms. The summed E-state index contributed by atoms with van der Waals surface area (Å²) >= 11 is 5.49. The van der Waals surface area contributed by atoms with E-state index in [4.69, 9.17) is 12.2 Å². The van der Waals surface area contributed by atoms with Crippen molar-refractivity contribution in [3.63, 3.8) is 0 Å². The fourth-order valence-electron chi connectivity index (χ4n) is 2.55. The van der Waals surface area contributed by atoms with Crippen molar-refractivity contribution in [2.24, 2.45) is 0 Å². The lowest BCUT2D eigenvalue weighted by Gasteiger charge is -2.23. The molecule has 0 heterocycles. The Bertz CT molecular complexity index is 642. The van der Waals surface area contributed by atoms with Gasteiger partial charge in [-0.1, -0.05) is 75.4 Å². The molecule has 128 valence electrons. The van der Waals surface area contributed by atoms with E-state index in [2.05, 4.69) is 79.5 Å². The Hall–Kier alpha value is -1.87. The zero-order valence-corrected chi connectivity index (χ0v) is 16.0. The number of rotatable bonds is 5. The molecule has 0 aliphatic carbocycles. The van der Waals surface area contributed by atoms with E-state index in [0.29, 0.717) is 0 Å². The molecule has 2 aromatic rings. The topological polar surface area (TPSA) is 15.3 Å². The van der Waals surface area contributed by atoms with Crippen LogP contribution in [0.25, 0.3) is 0 Å². The molecule has 0 amide bonds. The second-order valence-corrected chi connectivity index (χ2v) is 7.66. The Morgan fingerprint density at radius 3 is 2.17 bits per heavy atom. The van der Waals surface area contributed by atoms with Gasteiger partial charge < -0.3 is 10.2 Å². The second-order valence-electron chi connectivity index (χ2n) is 7.27. The van der Waals surface area contributed by atoms with E-state index in [-0.39, 0.29) is 5.41 Å². The largest absolute Gasteiger partial charge is 0.362 e. The summed E-state index contributed by atoms with van der Waals surface area (Å²) in [6.45, 7) is 8.39. The van der Waals surface area contributed by atoms with Gasteiger partial charge in [0.25, 0.3) is 0 Å². The minimum absolute atomic E-state index is 0.193. The van der Waals surface area contributed by atoms with E-state index in [1.54, 1.807) is 0 Å². The van der Waals surface area contributed by atoms with Crippen LogP contribution in [-0.2, 0) is 18.4 Å². The first-order chi connectivity index (χ1) is 11.4. The molecule has 0 bridgehead atoms. The summed E-state index contributed by atoms with van der Waals surface area (Å²) in [5, 5.41) is 4.14. The summed E-state index contributed by atoms with van der Waals surface area (Å²) in [6.07, 6.45) is 0.981. The molecule has 2 nitrogen and oxygen atoms in total. The molecular formula is C21H28N2S. The minimum Gasteiger partial charge on any atom is -0.362 e. The third kappa shape index (κ3) is 5.64. The van der Waals surface area contributed by atoms with Crippen molar-refractivity contribution in [3.8, 4) is 0 Å². The Kier molecular flexibility index (Phi) is 6.38. The van der Waals surface area contributed by atoms with E-state index in [0.717, 1.165) is 24.6 Å². The van der Waals surface area contributed by atoms with Gasteiger partial charge in [-0.2, -0.15) is 0 Å². The number of thiocarbonyl (C=S) groups is 1. The second kappa shape index (κ2) is 8.29. The van der Waals surface area contributed by atoms with Crippen LogP contribution in [0, 0.1) is 0 Å². The molecule has 0 fully saturated rings.